The summed E-state index contributed by atoms with van der Waals surface area (Å²) >= 11 is 0. The van der Waals surface area contributed by atoms with E-state index in [0.717, 1.165) is 49.6 Å². The maximum absolute atomic E-state index is 13.2. The number of halogens is 1. The summed E-state index contributed by atoms with van der Waals surface area (Å²) in [5.74, 6) is -0.224. The van der Waals surface area contributed by atoms with E-state index in [2.05, 4.69) is 40.3 Å². The number of aromatic nitrogens is 2. The molecule has 4 rings (SSSR count). The molecule has 3 aromatic rings. The Labute approximate surface area is 147 Å². The van der Waals surface area contributed by atoms with E-state index in [1.807, 2.05) is 6.20 Å². The van der Waals surface area contributed by atoms with Crippen molar-refractivity contribution >= 4 is 11.3 Å². The molecular weight excluding hydrogens is 315 g/mol. The Morgan fingerprint density at radius 1 is 1.04 bits per heavy atom. The van der Waals surface area contributed by atoms with Crippen molar-refractivity contribution in [1.82, 2.24) is 14.3 Å². The lowest BCUT2D eigenvalue weighted by Crippen LogP contribution is -2.46. The van der Waals surface area contributed by atoms with Gasteiger partial charge >= 0.3 is 0 Å². The predicted octanol–water partition coefficient (Wildman–Crippen LogP) is 3.59. The average molecular weight is 338 g/mol. The molecule has 0 unspecified atom stereocenters. The molecule has 2 aromatic heterocycles. The lowest BCUT2D eigenvalue weighted by atomic mass is 10.2. The molecule has 0 saturated carbocycles. The molecule has 130 valence electrons. The number of imidazole rings is 1. The molecule has 4 nitrogen and oxygen atoms in total. The third-order valence-corrected chi connectivity index (χ3v) is 4.97. The van der Waals surface area contributed by atoms with Crippen LogP contribution in [0.15, 0.2) is 42.7 Å². The highest BCUT2D eigenvalue weighted by atomic mass is 19.1. The number of hydrogen-bond donors (Lipinski definition) is 0. The lowest BCUT2D eigenvalue weighted by molar-refractivity contribution is 0.271. The van der Waals surface area contributed by atoms with Crippen LogP contribution in [0.5, 0.6) is 0 Å². The summed E-state index contributed by atoms with van der Waals surface area (Å²) in [6, 6.07) is 8.75. The third kappa shape index (κ3) is 3.12. The van der Waals surface area contributed by atoms with Crippen molar-refractivity contribution in [2.45, 2.75) is 13.8 Å². The first-order chi connectivity index (χ1) is 12.1. The van der Waals surface area contributed by atoms with Gasteiger partial charge in [-0.3, -0.25) is 0 Å². The summed E-state index contributed by atoms with van der Waals surface area (Å²) in [5, 5.41) is 0. The second kappa shape index (κ2) is 6.48. The van der Waals surface area contributed by atoms with Gasteiger partial charge in [-0.15, -0.1) is 0 Å². The molecular formula is C20H23FN4. The Bertz CT molecular complexity index is 877. The topological polar surface area (TPSA) is 23.8 Å². The summed E-state index contributed by atoms with van der Waals surface area (Å²) in [4.78, 5) is 9.75. The van der Waals surface area contributed by atoms with Crippen molar-refractivity contribution in [2.24, 2.45) is 0 Å². The van der Waals surface area contributed by atoms with Gasteiger partial charge in [-0.1, -0.05) is 6.92 Å². The number of piperazine rings is 1. The number of aryl methyl sites for hydroxylation is 1. The molecule has 0 atom stereocenters. The van der Waals surface area contributed by atoms with Gasteiger partial charge in [0.2, 0.25) is 0 Å². The van der Waals surface area contributed by atoms with E-state index in [1.165, 1.54) is 23.4 Å². The zero-order chi connectivity index (χ0) is 17.4. The number of anilines is 1. The van der Waals surface area contributed by atoms with Crippen molar-refractivity contribution in [1.29, 1.82) is 0 Å². The Morgan fingerprint density at radius 2 is 1.76 bits per heavy atom. The number of fused-ring (bicyclic) bond motifs is 1. The molecule has 1 aliphatic rings. The van der Waals surface area contributed by atoms with Crippen LogP contribution in [-0.4, -0.2) is 47.0 Å². The second-order valence-electron chi connectivity index (χ2n) is 6.69. The van der Waals surface area contributed by atoms with Crippen molar-refractivity contribution in [3.8, 4) is 11.3 Å². The minimum atomic E-state index is -0.224. The Hall–Kier alpha value is -2.40. The fourth-order valence-corrected chi connectivity index (χ4v) is 3.52. The van der Waals surface area contributed by atoms with E-state index < -0.39 is 0 Å². The maximum atomic E-state index is 13.2. The number of hydrogen-bond acceptors (Lipinski definition) is 3. The van der Waals surface area contributed by atoms with E-state index >= 15 is 0 Å². The molecule has 1 aromatic carbocycles. The van der Waals surface area contributed by atoms with Crippen molar-refractivity contribution in [3.63, 3.8) is 0 Å². The molecule has 5 heteroatoms. The van der Waals surface area contributed by atoms with Crippen LogP contribution in [0.3, 0.4) is 0 Å². The van der Waals surface area contributed by atoms with Gasteiger partial charge in [0, 0.05) is 44.1 Å². The van der Waals surface area contributed by atoms with Crippen LogP contribution in [0.4, 0.5) is 10.1 Å². The monoisotopic (exact) mass is 338 g/mol. The minimum absolute atomic E-state index is 0.224. The van der Waals surface area contributed by atoms with Gasteiger partial charge in [0.25, 0.3) is 0 Å². The fourth-order valence-electron chi connectivity index (χ4n) is 3.52. The standard InChI is InChI=1S/C20H23FN4/c1-3-23-8-10-24(11-9-23)19-12-15(2)13-25-14-18(22-20(19)25)16-4-6-17(21)7-5-16/h4-7,12-14H,3,8-11H2,1-2H3. The van der Waals surface area contributed by atoms with Crippen LogP contribution in [0.25, 0.3) is 16.9 Å². The van der Waals surface area contributed by atoms with Crippen LogP contribution in [-0.2, 0) is 0 Å². The second-order valence-corrected chi connectivity index (χ2v) is 6.69. The van der Waals surface area contributed by atoms with Crippen molar-refractivity contribution < 1.29 is 4.39 Å². The van der Waals surface area contributed by atoms with Gasteiger partial charge in [-0.25, -0.2) is 9.37 Å². The molecule has 0 amide bonds. The third-order valence-electron chi connectivity index (χ3n) is 4.97. The minimum Gasteiger partial charge on any atom is -0.366 e. The smallest absolute Gasteiger partial charge is 0.161 e. The maximum Gasteiger partial charge on any atom is 0.161 e. The zero-order valence-corrected chi connectivity index (χ0v) is 14.7. The summed E-state index contributed by atoms with van der Waals surface area (Å²) in [7, 11) is 0. The summed E-state index contributed by atoms with van der Waals surface area (Å²) < 4.78 is 15.3. The van der Waals surface area contributed by atoms with Crippen LogP contribution in [0.2, 0.25) is 0 Å². The molecule has 1 saturated heterocycles. The first-order valence-electron chi connectivity index (χ1n) is 8.86. The van der Waals surface area contributed by atoms with Crippen LogP contribution < -0.4 is 4.90 Å². The number of benzene rings is 1. The van der Waals surface area contributed by atoms with Crippen LogP contribution in [0.1, 0.15) is 12.5 Å². The highest BCUT2D eigenvalue weighted by molar-refractivity contribution is 5.74. The number of likely N-dealkylation sites (N-methyl/N-ethyl adjacent to an activating group) is 1. The zero-order valence-electron chi connectivity index (χ0n) is 14.7. The quantitative estimate of drug-likeness (QED) is 0.729. The number of rotatable bonds is 3. The molecule has 3 heterocycles. The van der Waals surface area contributed by atoms with Crippen LogP contribution >= 0.6 is 0 Å². The van der Waals surface area contributed by atoms with Gasteiger partial charge in [-0.2, -0.15) is 0 Å². The van der Waals surface area contributed by atoms with Crippen LogP contribution in [0, 0.1) is 12.7 Å². The number of nitrogens with zero attached hydrogens (tertiary/aromatic N) is 4. The Balaban J connectivity index is 1.73. The van der Waals surface area contributed by atoms with Gasteiger partial charge < -0.3 is 14.2 Å². The van der Waals surface area contributed by atoms with Gasteiger partial charge in [0.15, 0.2) is 5.65 Å². The molecule has 0 spiro atoms. The first-order valence-corrected chi connectivity index (χ1v) is 8.86. The van der Waals surface area contributed by atoms with Crippen molar-refractivity contribution in [2.75, 3.05) is 37.6 Å². The van der Waals surface area contributed by atoms with Gasteiger partial charge in [0.1, 0.15) is 5.82 Å². The van der Waals surface area contributed by atoms with E-state index in [1.54, 1.807) is 12.1 Å². The number of pyridine rings is 1. The SMILES string of the molecule is CCN1CCN(c2cc(C)cn3cc(-c4ccc(F)cc4)nc23)CC1. The summed E-state index contributed by atoms with van der Waals surface area (Å²) in [6.07, 6.45) is 4.13. The summed E-state index contributed by atoms with van der Waals surface area (Å²) in [5.41, 5.74) is 5.17. The highest BCUT2D eigenvalue weighted by Gasteiger charge is 2.19. The van der Waals surface area contributed by atoms with Gasteiger partial charge in [0.05, 0.1) is 11.4 Å². The normalized spacial score (nSPS) is 15.9. The lowest BCUT2D eigenvalue weighted by Gasteiger charge is -2.35. The van der Waals surface area contributed by atoms with E-state index in [9.17, 15) is 4.39 Å². The fraction of sp³-hybridized carbons (Fsp3) is 0.350. The van der Waals surface area contributed by atoms with Gasteiger partial charge in [-0.05, 0) is 49.4 Å². The van der Waals surface area contributed by atoms with E-state index in [4.69, 9.17) is 4.98 Å². The molecule has 0 radical (unpaired) electrons. The average Bonchev–Trinajstić information content (AvgIpc) is 3.05. The molecule has 25 heavy (non-hydrogen) atoms. The molecule has 0 N–H and O–H groups in total. The largest absolute Gasteiger partial charge is 0.366 e. The van der Waals surface area contributed by atoms with E-state index in [0.29, 0.717) is 0 Å². The van der Waals surface area contributed by atoms with Crippen molar-refractivity contribution in [3.05, 3.63) is 54.1 Å². The Kier molecular flexibility index (Phi) is 4.17. The molecule has 1 fully saturated rings. The predicted molar refractivity (Wildman–Crippen MR) is 99.7 cm³/mol. The molecule has 1 aliphatic heterocycles. The highest BCUT2D eigenvalue weighted by Crippen LogP contribution is 2.27. The van der Waals surface area contributed by atoms with E-state index in [-0.39, 0.29) is 5.82 Å². The first kappa shape index (κ1) is 16.1. The Morgan fingerprint density at radius 3 is 2.44 bits per heavy atom. The summed E-state index contributed by atoms with van der Waals surface area (Å²) in [6.45, 7) is 9.64. The molecule has 0 bridgehead atoms. The molecule has 0 aliphatic carbocycles.